The first-order chi connectivity index (χ1) is 7.90. The highest BCUT2D eigenvalue weighted by atomic mass is 16.4. The Labute approximate surface area is 96.9 Å². The third kappa shape index (κ3) is 3.78. The first-order valence-electron chi connectivity index (χ1n) is 5.21. The highest BCUT2D eigenvalue weighted by Gasteiger charge is 2.19. The van der Waals surface area contributed by atoms with Crippen molar-refractivity contribution in [2.45, 2.75) is 26.3 Å². The molecule has 0 aliphatic rings. The van der Waals surface area contributed by atoms with Crippen LogP contribution in [0.1, 0.15) is 20.3 Å². The number of H-pyrrole nitrogens is 2. The third-order valence-electron chi connectivity index (χ3n) is 2.15. The number of rotatable bonds is 5. The molecule has 1 aromatic rings. The highest BCUT2D eigenvalue weighted by molar-refractivity contribution is 5.77. The Bertz CT molecular complexity index is 503. The molecular formula is C10H15N3O4. The Morgan fingerprint density at radius 2 is 2.12 bits per heavy atom. The van der Waals surface area contributed by atoms with Gasteiger partial charge in [0, 0.05) is 6.20 Å². The molecule has 0 bridgehead atoms. The number of hydrogen-bond donors (Lipinski definition) is 4. The molecule has 4 N–H and O–H groups in total. The van der Waals surface area contributed by atoms with E-state index < -0.39 is 23.3 Å². The smallest absolute Gasteiger partial charge is 0.326 e. The first kappa shape index (κ1) is 13.0. The molecule has 17 heavy (non-hydrogen) atoms. The molecule has 7 nitrogen and oxygen atoms in total. The zero-order chi connectivity index (χ0) is 13.0. The summed E-state index contributed by atoms with van der Waals surface area (Å²) in [4.78, 5) is 37.4. The SMILES string of the molecule is CC(C)C[C@H](Nc1c[nH]c(=O)[nH]c1=O)C(=O)O. The Kier molecular flexibility index (Phi) is 4.08. The fraction of sp³-hybridized carbons (Fsp3) is 0.500. The quantitative estimate of drug-likeness (QED) is 0.578. The Morgan fingerprint density at radius 1 is 1.47 bits per heavy atom. The minimum atomic E-state index is -1.04. The van der Waals surface area contributed by atoms with E-state index in [0.717, 1.165) is 6.20 Å². The zero-order valence-corrected chi connectivity index (χ0v) is 9.61. The number of anilines is 1. The second-order valence-electron chi connectivity index (χ2n) is 4.15. The predicted octanol–water partition coefficient (Wildman–Crippen LogP) is -0.0256. The molecule has 0 saturated carbocycles. The van der Waals surface area contributed by atoms with E-state index in [4.69, 9.17) is 5.11 Å². The predicted molar refractivity (Wildman–Crippen MR) is 62.2 cm³/mol. The summed E-state index contributed by atoms with van der Waals surface area (Å²) in [5, 5.41) is 11.6. The van der Waals surface area contributed by atoms with Crippen molar-refractivity contribution in [3.05, 3.63) is 27.0 Å². The molecule has 0 fully saturated rings. The van der Waals surface area contributed by atoms with Crippen molar-refractivity contribution in [3.63, 3.8) is 0 Å². The van der Waals surface area contributed by atoms with E-state index in [-0.39, 0.29) is 11.6 Å². The van der Waals surface area contributed by atoms with Crippen molar-refractivity contribution < 1.29 is 9.90 Å². The molecule has 0 spiro atoms. The van der Waals surface area contributed by atoms with Crippen LogP contribution in [0.4, 0.5) is 5.69 Å². The molecule has 0 radical (unpaired) electrons. The van der Waals surface area contributed by atoms with Gasteiger partial charge in [-0.1, -0.05) is 13.8 Å². The first-order valence-corrected chi connectivity index (χ1v) is 5.21. The lowest BCUT2D eigenvalue weighted by molar-refractivity contribution is -0.138. The maximum absolute atomic E-state index is 11.4. The lowest BCUT2D eigenvalue weighted by Gasteiger charge is -2.16. The van der Waals surface area contributed by atoms with Crippen LogP contribution in [0.3, 0.4) is 0 Å². The second kappa shape index (κ2) is 5.33. The monoisotopic (exact) mass is 241 g/mol. The lowest BCUT2D eigenvalue weighted by atomic mass is 10.0. The molecule has 0 saturated heterocycles. The standard InChI is InChI=1S/C10H15N3O4/c1-5(2)3-6(9(15)16)12-7-4-11-10(17)13-8(7)14/h4-6,12H,3H2,1-2H3,(H,15,16)(H2,11,13,14,17)/t6-/m0/s1. The third-order valence-corrected chi connectivity index (χ3v) is 2.15. The number of aromatic nitrogens is 2. The summed E-state index contributed by atoms with van der Waals surface area (Å²) >= 11 is 0. The van der Waals surface area contributed by atoms with Crippen LogP contribution in [0.5, 0.6) is 0 Å². The lowest BCUT2D eigenvalue weighted by Crippen LogP contribution is -2.34. The van der Waals surface area contributed by atoms with E-state index in [9.17, 15) is 14.4 Å². The van der Waals surface area contributed by atoms with Crippen molar-refractivity contribution in [1.82, 2.24) is 9.97 Å². The van der Waals surface area contributed by atoms with Crippen LogP contribution in [0.15, 0.2) is 15.8 Å². The van der Waals surface area contributed by atoms with Crippen molar-refractivity contribution in [2.24, 2.45) is 5.92 Å². The summed E-state index contributed by atoms with van der Waals surface area (Å²) in [6.07, 6.45) is 1.55. The fourth-order valence-electron chi connectivity index (χ4n) is 1.40. The number of hydrogen-bond acceptors (Lipinski definition) is 4. The van der Waals surface area contributed by atoms with Gasteiger partial charge in [0.05, 0.1) is 0 Å². The van der Waals surface area contributed by atoms with Gasteiger partial charge in [0.15, 0.2) is 0 Å². The maximum Gasteiger partial charge on any atom is 0.326 e. The number of carboxylic acid groups (broad SMARTS) is 1. The van der Waals surface area contributed by atoms with Gasteiger partial charge in [-0.25, -0.2) is 9.59 Å². The van der Waals surface area contributed by atoms with Gasteiger partial charge < -0.3 is 15.4 Å². The molecule has 0 aromatic carbocycles. The van der Waals surface area contributed by atoms with Gasteiger partial charge in [-0.05, 0) is 12.3 Å². The van der Waals surface area contributed by atoms with Crippen molar-refractivity contribution >= 4 is 11.7 Å². The van der Waals surface area contributed by atoms with Crippen molar-refractivity contribution in [1.29, 1.82) is 0 Å². The molecule has 0 aliphatic heterocycles. The number of carbonyl (C=O) groups is 1. The van der Waals surface area contributed by atoms with Gasteiger partial charge in [0.2, 0.25) is 0 Å². The molecule has 1 heterocycles. The van der Waals surface area contributed by atoms with Gasteiger partial charge in [-0.2, -0.15) is 0 Å². The van der Waals surface area contributed by atoms with E-state index in [2.05, 4.69) is 10.3 Å². The Hall–Kier alpha value is -2.05. The van der Waals surface area contributed by atoms with Crippen molar-refractivity contribution in [3.8, 4) is 0 Å². The molecular weight excluding hydrogens is 226 g/mol. The van der Waals surface area contributed by atoms with E-state index in [1.165, 1.54) is 0 Å². The van der Waals surface area contributed by atoms with E-state index >= 15 is 0 Å². The summed E-state index contributed by atoms with van der Waals surface area (Å²) in [6.45, 7) is 3.77. The topological polar surface area (TPSA) is 115 Å². The number of aliphatic carboxylic acids is 1. The number of aromatic amines is 2. The largest absolute Gasteiger partial charge is 0.480 e. The van der Waals surface area contributed by atoms with Gasteiger partial charge in [-0.3, -0.25) is 9.78 Å². The highest BCUT2D eigenvalue weighted by Crippen LogP contribution is 2.09. The summed E-state index contributed by atoms with van der Waals surface area (Å²) in [5.41, 5.74) is -1.22. The zero-order valence-electron chi connectivity index (χ0n) is 9.61. The molecule has 1 rings (SSSR count). The van der Waals surface area contributed by atoms with Crippen LogP contribution >= 0.6 is 0 Å². The summed E-state index contributed by atoms with van der Waals surface area (Å²) in [7, 11) is 0. The molecule has 1 atom stereocenters. The molecule has 94 valence electrons. The summed E-state index contributed by atoms with van der Waals surface area (Å²) in [6, 6.07) is -0.859. The minimum Gasteiger partial charge on any atom is -0.480 e. The minimum absolute atomic E-state index is 0.0395. The average Bonchev–Trinajstić information content (AvgIpc) is 2.19. The fourth-order valence-corrected chi connectivity index (χ4v) is 1.40. The normalized spacial score (nSPS) is 12.4. The molecule has 1 aromatic heterocycles. The van der Waals surface area contributed by atoms with Crippen LogP contribution in [-0.4, -0.2) is 27.1 Å². The molecule has 0 amide bonds. The molecule has 0 aliphatic carbocycles. The summed E-state index contributed by atoms with van der Waals surface area (Å²) in [5.74, 6) is -0.866. The van der Waals surface area contributed by atoms with Crippen LogP contribution in [-0.2, 0) is 4.79 Å². The van der Waals surface area contributed by atoms with E-state index in [1.807, 2.05) is 18.8 Å². The Morgan fingerprint density at radius 3 is 2.59 bits per heavy atom. The van der Waals surface area contributed by atoms with Gasteiger partial charge >= 0.3 is 11.7 Å². The summed E-state index contributed by atoms with van der Waals surface area (Å²) < 4.78 is 0. The molecule has 0 unspecified atom stereocenters. The molecule has 7 heteroatoms. The van der Waals surface area contributed by atoms with Gasteiger partial charge in [-0.15, -0.1) is 0 Å². The van der Waals surface area contributed by atoms with Crippen molar-refractivity contribution in [2.75, 3.05) is 5.32 Å². The Balaban J connectivity index is 2.90. The van der Waals surface area contributed by atoms with Gasteiger partial charge in [0.1, 0.15) is 11.7 Å². The van der Waals surface area contributed by atoms with Crippen LogP contribution < -0.4 is 16.6 Å². The van der Waals surface area contributed by atoms with Crippen LogP contribution in [0.25, 0.3) is 0 Å². The number of nitrogens with one attached hydrogen (secondary N) is 3. The van der Waals surface area contributed by atoms with E-state index in [1.54, 1.807) is 0 Å². The maximum atomic E-state index is 11.4. The van der Waals surface area contributed by atoms with Crippen LogP contribution in [0, 0.1) is 5.92 Å². The van der Waals surface area contributed by atoms with Crippen LogP contribution in [0.2, 0.25) is 0 Å². The van der Waals surface area contributed by atoms with E-state index in [0.29, 0.717) is 6.42 Å². The second-order valence-corrected chi connectivity index (χ2v) is 4.15. The number of carboxylic acids is 1. The average molecular weight is 241 g/mol. The van der Waals surface area contributed by atoms with Gasteiger partial charge in [0.25, 0.3) is 5.56 Å².